The van der Waals surface area contributed by atoms with Gasteiger partial charge in [-0.2, -0.15) is 0 Å². The Kier molecular flexibility index (Phi) is 4.72. The number of hydrogen-bond donors (Lipinski definition) is 2. The number of nitrogens with zero attached hydrogens (tertiary/aromatic N) is 1. The van der Waals surface area contributed by atoms with Gasteiger partial charge in [0.25, 0.3) is 0 Å². The third kappa shape index (κ3) is 3.49. The summed E-state index contributed by atoms with van der Waals surface area (Å²) in [5, 5.41) is 10.4. The fourth-order valence-corrected chi connectivity index (χ4v) is 3.07. The molecule has 0 aliphatic heterocycles. The maximum Gasteiger partial charge on any atom is 0.167 e. The summed E-state index contributed by atoms with van der Waals surface area (Å²) in [7, 11) is 3.84. The summed E-state index contributed by atoms with van der Waals surface area (Å²) in [4.78, 5) is 14.6. The summed E-state index contributed by atoms with van der Waals surface area (Å²) in [5.74, 6) is -0.555. The summed E-state index contributed by atoms with van der Waals surface area (Å²) >= 11 is 0. The first kappa shape index (κ1) is 17.0. The summed E-state index contributed by atoms with van der Waals surface area (Å²) in [6, 6.07) is 14.7. The van der Waals surface area contributed by atoms with Gasteiger partial charge in [0.2, 0.25) is 0 Å². The minimum atomic E-state index is -0.583. The number of carbonyl (C=O) groups is 1. The van der Waals surface area contributed by atoms with E-state index >= 15 is 0 Å². The number of aromatic hydroxyl groups is 1. The maximum absolute atomic E-state index is 12.7. The van der Waals surface area contributed by atoms with Gasteiger partial charge in [0.1, 0.15) is 5.75 Å². The highest BCUT2D eigenvalue weighted by Gasteiger charge is 2.31. The molecule has 0 bridgehead atoms. The topological polar surface area (TPSA) is 66.6 Å². The van der Waals surface area contributed by atoms with Crippen molar-refractivity contribution in [1.82, 2.24) is 0 Å². The van der Waals surface area contributed by atoms with Gasteiger partial charge in [0.15, 0.2) is 5.78 Å². The summed E-state index contributed by atoms with van der Waals surface area (Å²) in [6.07, 6.45) is 5.17. The zero-order chi connectivity index (χ0) is 18.0. The van der Waals surface area contributed by atoms with Crippen molar-refractivity contribution < 1.29 is 9.90 Å². The number of anilines is 1. The van der Waals surface area contributed by atoms with E-state index in [2.05, 4.69) is 0 Å². The molecule has 2 aromatic rings. The van der Waals surface area contributed by atoms with E-state index in [-0.39, 0.29) is 17.6 Å². The van der Waals surface area contributed by atoms with Gasteiger partial charge < -0.3 is 15.7 Å². The van der Waals surface area contributed by atoms with E-state index in [4.69, 9.17) is 5.73 Å². The Labute approximate surface area is 147 Å². The van der Waals surface area contributed by atoms with E-state index < -0.39 is 5.92 Å². The van der Waals surface area contributed by atoms with Crippen LogP contribution in [0.2, 0.25) is 0 Å². The van der Waals surface area contributed by atoms with Crippen LogP contribution in [0, 0.1) is 0 Å². The molecule has 0 fully saturated rings. The predicted octanol–water partition coefficient (Wildman–Crippen LogP) is 3.09. The number of rotatable bonds is 3. The molecule has 0 amide bonds. The average Bonchev–Trinajstić information content (AvgIpc) is 2.60. The van der Waals surface area contributed by atoms with Crippen molar-refractivity contribution in [3.63, 3.8) is 0 Å². The van der Waals surface area contributed by atoms with Crippen LogP contribution in [-0.2, 0) is 4.79 Å². The number of allylic oxidation sites excluding steroid dienone is 1. The Morgan fingerprint density at radius 3 is 2.52 bits per heavy atom. The lowest BCUT2D eigenvalue weighted by Crippen LogP contribution is -2.31. The van der Waals surface area contributed by atoms with Crippen LogP contribution in [-0.4, -0.2) is 31.0 Å². The highest BCUT2D eigenvalue weighted by atomic mass is 16.3. The van der Waals surface area contributed by atoms with Gasteiger partial charge in [-0.05, 0) is 35.4 Å². The lowest BCUT2D eigenvalue weighted by Gasteiger charge is -2.27. The minimum absolute atomic E-state index is 0.0740. The molecule has 0 saturated heterocycles. The molecule has 25 heavy (non-hydrogen) atoms. The van der Waals surface area contributed by atoms with Crippen molar-refractivity contribution >= 4 is 17.5 Å². The number of phenols is 1. The van der Waals surface area contributed by atoms with Gasteiger partial charge in [-0.15, -0.1) is 0 Å². The van der Waals surface area contributed by atoms with Crippen molar-refractivity contribution in [2.75, 3.05) is 19.0 Å². The molecule has 4 heteroatoms. The Morgan fingerprint density at radius 1 is 1.12 bits per heavy atom. The lowest BCUT2D eigenvalue weighted by atomic mass is 9.78. The fraction of sp³-hybridized carbons (Fsp3) is 0.190. The van der Waals surface area contributed by atoms with Crippen LogP contribution < -0.4 is 10.6 Å². The van der Waals surface area contributed by atoms with Gasteiger partial charge in [0, 0.05) is 31.4 Å². The molecule has 2 aromatic carbocycles. The van der Waals surface area contributed by atoms with Gasteiger partial charge in [-0.1, -0.05) is 42.5 Å². The van der Waals surface area contributed by atoms with E-state index in [9.17, 15) is 9.90 Å². The van der Waals surface area contributed by atoms with Crippen LogP contribution in [0.5, 0.6) is 5.75 Å². The molecule has 0 aromatic heterocycles. The van der Waals surface area contributed by atoms with Crippen molar-refractivity contribution in [2.24, 2.45) is 5.73 Å². The minimum Gasteiger partial charge on any atom is -0.508 e. The second-order valence-electron chi connectivity index (χ2n) is 6.41. The van der Waals surface area contributed by atoms with Crippen molar-refractivity contribution in [3.8, 4) is 5.75 Å². The van der Waals surface area contributed by atoms with Crippen molar-refractivity contribution in [1.29, 1.82) is 0 Å². The van der Waals surface area contributed by atoms with E-state index in [1.54, 1.807) is 12.1 Å². The molecule has 128 valence electrons. The largest absolute Gasteiger partial charge is 0.508 e. The maximum atomic E-state index is 12.7. The van der Waals surface area contributed by atoms with Crippen molar-refractivity contribution in [2.45, 2.75) is 12.0 Å². The van der Waals surface area contributed by atoms with Gasteiger partial charge in [-0.25, -0.2) is 0 Å². The predicted molar refractivity (Wildman–Crippen MR) is 102 cm³/mol. The monoisotopic (exact) mass is 334 g/mol. The van der Waals surface area contributed by atoms with Crippen LogP contribution in [0.25, 0.3) is 6.08 Å². The molecule has 0 radical (unpaired) electrons. The third-order valence-electron chi connectivity index (χ3n) is 4.44. The van der Waals surface area contributed by atoms with E-state index in [1.807, 2.05) is 67.5 Å². The summed E-state index contributed by atoms with van der Waals surface area (Å²) in [6.45, 7) is 0. The molecule has 3 N–H and O–H groups in total. The van der Waals surface area contributed by atoms with Crippen molar-refractivity contribution in [3.05, 3.63) is 77.4 Å². The number of ketones is 1. The third-order valence-corrected chi connectivity index (χ3v) is 4.44. The molecule has 0 saturated carbocycles. The van der Waals surface area contributed by atoms with E-state index in [0.717, 1.165) is 16.8 Å². The van der Waals surface area contributed by atoms with Crippen LogP contribution >= 0.6 is 0 Å². The summed E-state index contributed by atoms with van der Waals surface area (Å²) < 4.78 is 0. The molecule has 2 unspecified atom stereocenters. The number of nitrogens with two attached hydrogens (primary N) is 1. The molecule has 1 aliphatic rings. The quantitative estimate of drug-likeness (QED) is 0.905. The highest BCUT2D eigenvalue weighted by molar-refractivity contribution is 6.01. The van der Waals surface area contributed by atoms with Crippen LogP contribution in [0.3, 0.4) is 0 Å². The number of phenolic OH excluding ortho intramolecular Hbond substituents is 1. The highest BCUT2D eigenvalue weighted by Crippen LogP contribution is 2.38. The molecule has 1 aliphatic carbocycles. The Morgan fingerprint density at radius 2 is 1.84 bits per heavy atom. The van der Waals surface area contributed by atoms with E-state index in [1.165, 1.54) is 6.08 Å². The Hall–Kier alpha value is -2.85. The molecular formula is C21H22N2O2. The zero-order valence-corrected chi connectivity index (χ0v) is 14.4. The van der Waals surface area contributed by atoms with E-state index in [0.29, 0.717) is 5.56 Å². The van der Waals surface area contributed by atoms with Crippen LogP contribution in [0.4, 0.5) is 5.69 Å². The molecule has 0 spiro atoms. The van der Waals surface area contributed by atoms with Crippen LogP contribution in [0.15, 0.2) is 66.3 Å². The first-order valence-corrected chi connectivity index (χ1v) is 8.22. The first-order valence-electron chi connectivity index (χ1n) is 8.22. The molecule has 2 atom stereocenters. The number of carbonyl (C=O) groups excluding carboxylic acids is 1. The van der Waals surface area contributed by atoms with Gasteiger partial charge in [-0.3, -0.25) is 4.79 Å². The Balaban J connectivity index is 2.14. The zero-order valence-electron chi connectivity index (χ0n) is 14.4. The fourth-order valence-electron chi connectivity index (χ4n) is 3.07. The second-order valence-corrected chi connectivity index (χ2v) is 6.41. The Bertz CT molecular complexity index is 838. The average molecular weight is 334 g/mol. The molecule has 3 rings (SSSR count). The smallest absolute Gasteiger partial charge is 0.167 e. The normalized spacial score (nSPS) is 21.6. The molecule has 0 heterocycles. The summed E-state index contributed by atoms with van der Waals surface area (Å²) in [5.41, 5.74) is 9.52. The SMILES string of the molecule is CN(C)c1ccc(O)c(C2C(=O)C=CC(N)C2=Cc2ccccc2)c1. The number of hydrogen-bond acceptors (Lipinski definition) is 4. The molecular weight excluding hydrogens is 312 g/mol. The second kappa shape index (κ2) is 6.95. The first-order chi connectivity index (χ1) is 12.0. The number of benzene rings is 2. The molecule has 4 nitrogen and oxygen atoms in total. The van der Waals surface area contributed by atoms with Crippen LogP contribution in [0.1, 0.15) is 17.0 Å². The van der Waals surface area contributed by atoms with Gasteiger partial charge in [0.05, 0.1) is 5.92 Å². The lowest BCUT2D eigenvalue weighted by molar-refractivity contribution is -0.115. The van der Waals surface area contributed by atoms with Gasteiger partial charge >= 0.3 is 0 Å². The standard InChI is InChI=1S/C21H22N2O2/c1-23(2)15-8-10-19(24)17(13-15)21-16(18(22)9-11-20(21)25)12-14-6-4-3-5-7-14/h3-13,18,21,24H,22H2,1-2H3.